The predicted molar refractivity (Wildman–Crippen MR) is 96.1 cm³/mol. The number of fused-ring (bicyclic) bond motifs is 1. The van der Waals surface area contributed by atoms with Gasteiger partial charge in [-0.15, -0.1) is 0 Å². The van der Waals surface area contributed by atoms with Gasteiger partial charge in [0.05, 0.1) is 0 Å². The van der Waals surface area contributed by atoms with Crippen molar-refractivity contribution in [2.24, 2.45) is 0 Å². The van der Waals surface area contributed by atoms with Crippen LogP contribution in [0.25, 0.3) is 10.9 Å². The summed E-state index contributed by atoms with van der Waals surface area (Å²) in [6.45, 7) is 2.12. The van der Waals surface area contributed by atoms with Crippen LogP contribution in [-0.2, 0) is 0 Å². The van der Waals surface area contributed by atoms with Gasteiger partial charge in [0.15, 0.2) is 0 Å². The molecule has 3 aromatic rings. The predicted octanol–water partition coefficient (Wildman–Crippen LogP) is 2.39. The molecule has 2 aromatic heterocycles. The Morgan fingerprint density at radius 1 is 1.43 bits per heavy atom. The molecule has 0 saturated carbocycles. The molecular formula is C15H10AsClIN3. The fourth-order valence-corrected chi connectivity index (χ4v) is 6.47. The fourth-order valence-electron chi connectivity index (χ4n) is 2.24. The molecular weight excluding hydrogens is 459 g/mol. The van der Waals surface area contributed by atoms with Crippen LogP contribution in [0.2, 0.25) is 5.02 Å². The summed E-state index contributed by atoms with van der Waals surface area (Å²) < 4.78 is 3.44. The summed E-state index contributed by atoms with van der Waals surface area (Å²) in [5, 5.41) is 11.2. The first-order valence-corrected chi connectivity index (χ1v) is 9.74. The van der Waals surface area contributed by atoms with E-state index in [0.29, 0.717) is 5.56 Å². The van der Waals surface area contributed by atoms with E-state index >= 15 is 0 Å². The number of pyridine rings is 1. The molecule has 0 amide bonds. The molecule has 21 heavy (non-hydrogen) atoms. The molecule has 0 saturated heterocycles. The number of rotatable bonds is 2. The molecule has 0 aliphatic carbocycles. The number of aromatic amines is 1. The number of halogens is 2. The summed E-state index contributed by atoms with van der Waals surface area (Å²) in [7, 11) is 0. The standard InChI is InChI=1S/C15H10AsClIN3/c1-8-10-2-3-21-15(10)12(17)4-11(8)16-14-9(5-19)6-20-7-13(14)18/h2-4,6-7,16,21H,1H3. The zero-order valence-corrected chi connectivity index (χ0v) is 16.0. The van der Waals surface area contributed by atoms with Gasteiger partial charge in [0.1, 0.15) is 0 Å². The maximum atomic E-state index is 9.28. The van der Waals surface area contributed by atoms with Gasteiger partial charge in [0, 0.05) is 0 Å². The molecule has 0 bridgehead atoms. The Morgan fingerprint density at radius 2 is 2.24 bits per heavy atom. The second-order valence-corrected chi connectivity index (χ2v) is 8.85. The van der Waals surface area contributed by atoms with Crippen LogP contribution in [0, 0.1) is 21.8 Å². The Morgan fingerprint density at radius 3 is 3.00 bits per heavy atom. The van der Waals surface area contributed by atoms with E-state index in [2.05, 4.69) is 51.6 Å². The van der Waals surface area contributed by atoms with Gasteiger partial charge >= 0.3 is 148 Å². The van der Waals surface area contributed by atoms with Crippen LogP contribution >= 0.6 is 34.2 Å². The Bertz CT molecular complexity index is 882. The van der Waals surface area contributed by atoms with Gasteiger partial charge in [0.2, 0.25) is 0 Å². The van der Waals surface area contributed by atoms with Gasteiger partial charge in [-0.2, -0.15) is 0 Å². The van der Waals surface area contributed by atoms with Crippen molar-refractivity contribution in [2.75, 3.05) is 0 Å². The number of benzene rings is 1. The van der Waals surface area contributed by atoms with Gasteiger partial charge in [0.25, 0.3) is 0 Å². The van der Waals surface area contributed by atoms with Gasteiger partial charge in [-0.3, -0.25) is 0 Å². The molecule has 3 rings (SSSR count). The fraction of sp³-hybridized carbons (Fsp3) is 0.0667. The van der Waals surface area contributed by atoms with E-state index in [1.54, 1.807) is 6.20 Å². The number of nitrogens with zero attached hydrogens (tertiary/aromatic N) is 2. The zero-order valence-electron chi connectivity index (χ0n) is 11.0. The van der Waals surface area contributed by atoms with Crippen molar-refractivity contribution in [1.82, 2.24) is 9.97 Å². The normalized spacial score (nSPS) is 11.3. The van der Waals surface area contributed by atoms with Crippen LogP contribution < -0.4 is 8.70 Å². The molecule has 1 aromatic carbocycles. The first-order valence-electron chi connectivity index (χ1n) is 6.18. The van der Waals surface area contributed by atoms with Crippen molar-refractivity contribution in [3.8, 4) is 6.07 Å². The molecule has 3 nitrogen and oxygen atoms in total. The van der Waals surface area contributed by atoms with Crippen LogP contribution in [0.1, 0.15) is 11.1 Å². The van der Waals surface area contributed by atoms with Crippen molar-refractivity contribution in [1.29, 1.82) is 5.26 Å². The quantitative estimate of drug-likeness (QED) is 0.463. The van der Waals surface area contributed by atoms with Crippen LogP contribution in [0.4, 0.5) is 0 Å². The summed E-state index contributed by atoms with van der Waals surface area (Å²) in [6, 6.07) is 6.33. The van der Waals surface area contributed by atoms with Crippen molar-refractivity contribution < 1.29 is 0 Å². The minimum absolute atomic E-state index is 0.642. The first kappa shape index (κ1) is 14.9. The van der Waals surface area contributed by atoms with Crippen molar-refractivity contribution in [2.45, 2.75) is 6.92 Å². The molecule has 0 spiro atoms. The number of nitrogens with one attached hydrogen (secondary N) is 1. The number of hydrogen-bond donors (Lipinski definition) is 1. The molecule has 0 fully saturated rings. The second-order valence-electron chi connectivity index (χ2n) is 4.58. The monoisotopic (exact) mass is 469 g/mol. The van der Waals surface area contributed by atoms with Crippen LogP contribution in [-0.4, -0.2) is 25.7 Å². The third-order valence-electron chi connectivity index (χ3n) is 3.34. The SMILES string of the molecule is Cc1c([AsH]c2c(I)cncc2C#N)cc(Cl)c2[nH]ccc12. The summed E-state index contributed by atoms with van der Waals surface area (Å²) in [5.41, 5.74) is 2.90. The van der Waals surface area contributed by atoms with E-state index < -0.39 is 15.8 Å². The Hall–Kier alpha value is -1.02. The van der Waals surface area contributed by atoms with E-state index in [-0.39, 0.29) is 0 Å². The second kappa shape index (κ2) is 6.00. The summed E-state index contributed by atoms with van der Waals surface area (Å²) >= 11 is 7.97. The number of H-pyrrole nitrogens is 1. The van der Waals surface area contributed by atoms with E-state index in [4.69, 9.17) is 11.6 Å². The molecule has 1 atom stereocenters. The molecule has 2 heterocycles. The van der Waals surface area contributed by atoms with Crippen LogP contribution in [0.15, 0.2) is 30.7 Å². The molecule has 6 heteroatoms. The first-order chi connectivity index (χ1) is 10.1. The Labute approximate surface area is 147 Å². The zero-order chi connectivity index (χ0) is 15.0. The molecule has 104 valence electrons. The molecule has 0 aliphatic rings. The van der Waals surface area contributed by atoms with Gasteiger partial charge < -0.3 is 0 Å². The maximum absolute atomic E-state index is 9.28. The van der Waals surface area contributed by atoms with Gasteiger partial charge in [-0.25, -0.2) is 0 Å². The third-order valence-corrected chi connectivity index (χ3v) is 8.84. The van der Waals surface area contributed by atoms with Crippen molar-refractivity contribution in [3.63, 3.8) is 0 Å². The number of nitriles is 1. The van der Waals surface area contributed by atoms with Crippen molar-refractivity contribution >= 4 is 69.5 Å². The van der Waals surface area contributed by atoms with Crippen LogP contribution in [0.3, 0.4) is 0 Å². The van der Waals surface area contributed by atoms with E-state index in [1.807, 2.05) is 18.5 Å². The number of hydrogen-bond acceptors (Lipinski definition) is 2. The number of aryl methyl sites for hydroxylation is 1. The van der Waals surface area contributed by atoms with E-state index in [0.717, 1.165) is 23.8 Å². The topological polar surface area (TPSA) is 52.5 Å². The minimum atomic E-state index is -0.642. The summed E-state index contributed by atoms with van der Waals surface area (Å²) in [6.07, 6.45) is 5.36. The average Bonchev–Trinajstić information content (AvgIpc) is 2.96. The number of aromatic nitrogens is 2. The average molecular weight is 470 g/mol. The van der Waals surface area contributed by atoms with E-state index in [9.17, 15) is 5.26 Å². The van der Waals surface area contributed by atoms with E-state index in [1.165, 1.54) is 9.91 Å². The van der Waals surface area contributed by atoms with Gasteiger partial charge in [-0.05, 0) is 0 Å². The summed E-state index contributed by atoms with van der Waals surface area (Å²) in [5.74, 6) is 0. The summed E-state index contributed by atoms with van der Waals surface area (Å²) in [4.78, 5) is 7.27. The van der Waals surface area contributed by atoms with Gasteiger partial charge in [-0.1, -0.05) is 0 Å². The molecule has 0 radical (unpaired) electrons. The molecule has 1 unspecified atom stereocenters. The van der Waals surface area contributed by atoms with Crippen LogP contribution in [0.5, 0.6) is 0 Å². The molecule has 1 N–H and O–H groups in total. The Balaban J connectivity index is 2.15. The Kier molecular flexibility index (Phi) is 4.26. The molecule has 0 aliphatic heterocycles. The van der Waals surface area contributed by atoms with Crippen molar-refractivity contribution in [3.05, 3.63) is 50.4 Å². The third kappa shape index (κ3) is 2.70.